The van der Waals surface area contributed by atoms with E-state index in [4.69, 9.17) is 28.9 Å². The summed E-state index contributed by atoms with van der Waals surface area (Å²) in [4.78, 5) is 12.1. The summed E-state index contributed by atoms with van der Waals surface area (Å²) in [5.41, 5.74) is 6.75. The van der Waals surface area contributed by atoms with Gasteiger partial charge in [0.1, 0.15) is 22.2 Å². The van der Waals surface area contributed by atoms with Gasteiger partial charge < -0.3 is 26.4 Å². The number of halogens is 2. The molecule has 134 valence electrons. The quantitative estimate of drug-likeness (QED) is 0.387. The molecule has 3 rings (SSSR count). The number of anilines is 2. The zero-order valence-electron chi connectivity index (χ0n) is 13.0. The van der Waals surface area contributed by atoms with E-state index in [1.807, 2.05) is 0 Å². The average molecular weight is 386 g/mol. The van der Waals surface area contributed by atoms with Crippen molar-refractivity contribution in [3.63, 3.8) is 0 Å². The number of rotatable bonds is 4. The van der Waals surface area contributed by atoms with Gasteiger partial charge in [0, 0.05) is 24.3 Å². The van der Waals surface area contributed by atoms with E-state index >= 15 is 0 Å². The smallest absolute Gasteiger partial charge is 0.223 e. The summed E-state index contributed by atoms with van der Waals surface area (Å²) in [6.45, 7) is -0.225. The predicted octanol–water partition coefficient (Wildman–Crippen LogP) is 0.942. The van der Waals surface area contributed by atoms with E-state index in [1.165, 1.54) is 6.20 Å². The molecule has 2 heterocycles. The SMILES string of the molecule is Nc1nc(Cl)c(-c2ccc(Cl)nc2)c(N[C@@H]2C[C@H](CO)[C@@H](O)[C@H]2O)n1. The molecule has 0 radical (unpaired) electrons. The largest absolute Gasteiger partial charge is 0.396 e. The van der Waals surface area contributed by atoms with Gasteiger partial charge in [0.25, 0.3) is 0 Å². The number of nitrogens with zero attached hydrogens (tertiary/aromatic N) is 3. The molecule has 0 aliphatic heterocycles. The lowest BCUT2D eigenvalue weighted by Gasteiger charge is -2.21. The molecular weight excluding hydrogens is 369 g/mol. The standard InChI is InChI=1S/C15H17Cl2N5O3/c16-9-2-1-6(4-19-9)10-13(17)21-15(18)22-14(10)20-8-3-7(5-23)11(24)12(8)25/h1-2,4,7-8,11-12,23-25H,3,5H2,(H3,18,20,21,22)/t7-,8-,11-,12+/m1/s1. The lowest BCUT2D eigenvalue weighted by molar-refractivity contribution is 0.00446. The number of aromatic nitrogens is 3. The highest BCUT2D eigenvalue weighted by molar-refractivity contribution is 6.33. The second kappa shape index (κ2) is 7.27. The van der Waals surface area contributed by atoms with Crippen LogP contribution in [0.1, 0.15) is 6.42 Å². The van der Waals surface area contributed by atoms with Crippen LogP contribution in [-0.2, 0) is 0 Å². The number of hydrogen-bond acceptors (Lipinski definition) is 8. The van der Waals surface area contributed by atoms with Crippen molar-refractivity contribution < 1.29 is 15.3 Å². The fraction of sp³-hybridized carbons (Fsp3) is 0.400. The molecule has 1 fully saturated rings. The molecule has 8 nitrogen and oxygen atoms in total. The van der Waals surface area contributed by atoms with Gasteiger partial charge in [-0.3, -0.25) is 0 Å². The van der Waals surface area contributed by atoms with Crippen LogP contribution in [0.2, 0.25) is 10.3 Å². The van der Waals surface area contributed by atoms with Gasteiger partial charge in [-0.25, -0.2) is 9.97 Å². The minimum Gasteiger partial charge on any atom is -0.396 e. The Morgan fingerprint density at radius 3 is 2.56 bits per heavy atom. The first-order valence-electron chi connectivity index (χ1n) is 7.59. The first-order valence-corrected chi connectivity index (χ1v) is 8.34. The monoisotopic (exact) mass is 385 g/mol. The Bertz CT molecular complexity index is 762. The Balaban J connectivity index is 1.97. The van der Waals surface area contributed by atoms with E-state index in [0.717, 1.165) is 0 Å². The molecular formula is C15H17Cl2N5O3. The van der Waals surface area contributed by atoms with Gasteiger partial charge in [-0.05, 0) is 18.6 Å². The highest BCUT2D eigenvalue weighted by Crippen LogP contribution is 2.36. The van der Waals surface area contributed by atoms with Crippen molar-refractivity contribution in [2.75, 3.05) is 17.7 Å². The van der Waals surface area contributed by atoms with Gasteiger partial charge in [0.2, 0.25) is 5.95 Å². The predicted molar refractivity (Wildman–Crippen MR) is 94.3 cm³/mol. The number of nitrogens with two attached hydrogens (primary N) is 1. The van der Waals surface area contributed by atoms with Crippen LogP contribution >= 0.6 is 23.2 Å². The highest BCUT2D eigenvalue weighted by atomic mass is 35.5. The van der Waals surface area contributed by atoms with E-state index < -0.39 is 24.2 Å². The molecule has 6 N–H and O–H groups in total. The maximum atomic E-state index is 10.2. The summed E-state index contributed by atoms with van der Waals surface area (Å²) < 4.78 is 0. The molecule has 0 unspecified atom stereocenters. The topological polar surface area (TPSA) is 137 Å². The van der Waals surface area contributed by atoms with Crippen molar-refractivity contribution in [2.24, 2.45) is 5.92 Å². The van der Waals surface area contributed by atoms with Crippen LogP contribution in [0.3, 0.4) is 0 Å². The molecule has 4 atom stereocenters. The Labute approximate surface area is 153 Å². The second-order valence-corrected chi connectivity index (χ2v) is 6.62. The maximum Gasteiger partial charge on any atom is 0.223 e. The third kappa shape index (κ3) is 3.63. The molecule has 0 bridgehead atoms. The van der Waals surface area contributed by atoms with Crippen LogP contribution in [0.25, 0.3) is 11.1 Å². The fourth-order valence-corrected chi connectivity index (χ4v) is 3.35. The molecule has 1 saturated carbocycles. The van der Waals surface area contributed by atoms with Crippen LogP contribution in [-0.4, -0.2) is 55.1 Å². The molecule has 0 spiro atoms. The Morgan fingerprint density at radius 1 is 1.20 bits per heavy atom. The van der Waals surface area contributed by atoms with Crippen LogP contribution in [0.15, 0.2) is 18.3 Å². The molecule has 1 aliphatic rings. The molecule has 25 heavy (non-hydrogen) atoms. The minimum absolute atomic E-state index is 0.0371. The molecule has 10 heteroatoms. The summed E-state index contributed by atoms with van der Waals surface area (Å²) in [6.07, 6.45) is -0.218. The molecule has 2 aromatic rings. The van der Waals surface area contributed by atoms with Crippen LogP contribution < -0.4 is 11.1 Å². The third-order valence-electron chi connectivity index (χ3n) is 4.26. The van der Waals surface area contributed by atoms with Crippen LogP contribution in [0.4, 0.5) is 11.8 Å². The fourth-order valence-electron chi connectivity index (χ4n) is 2.96. The van der Waals surface area contributed by atoms with E-state index in [-0.39, 0.29) is 17.7 Å². The van der Waals surface area contributed by atoms with Gasteiger partial charge >= 0.3 is 0 Å². The number of nitrogens with one attached hydrogen (secondary N) is 1. The van der Waals surface area contributed by atoms with E-state index in [9.17, 15) is 15.3 Å². The van der Waals surface area contributed by atoms with Crippen LogP contribution in [0.5, 0.6) is 0 Å². The van der Waals surface area contributed by atoms with Crippen LogP contribution in [0, 0.1) is 5.92 Å². The van der Waals surface area contributed by atoms with Crippen molar-refractivity contribution in [3.8, 4) is 11.1 Å². The number of nitrogen functional groups attached to an aromatic ring is 1. The lowest BCUT2D eigenvalue weighted by atomic mass is 10.1. The highest BCUT2D eigenvalue weighted by Gasteiger charge is 2.41. The average Bonchev–Trinajstić information content (AvgIpc) is 2.84. The first kappa shape index (κ1) is 18.1. The van der Waals surface area contributed by atoms with E-state index in [2.05, 4.69) is 20.3 Å². The summed E-state index contributed by atoms with van der Waals surface area (Å²) >= 11 is 12.0. The number of pyridine rings is 1. The summed E-state index contributed by atoms with van der Waals surface area (Å²) in [7, 11) is 0. The minimum atomic E-state index is -1.07. The van der Waals surface area contributed by atoms with Crippen molar-refractivity contribution in [2.45, 2.75) is 24.7 Å². The lowest BCUT2D eigenvalue weighted by Crippen LogP contribution is -2.35. The van der Waals surface area contributed by atoms with E-state index in [0.29, 0.717) is 28.5 Å². The van der Waals surface area contributed by atoms with Crippen molar-refractivity contribution in [1.82, 2.24) is 15.0 Å². The van der Waals surface area contributed by atoms with Crippen molar-refractivity contribution in [3.05, 3.63) is 28.6 Å². The number of aliphatic hydroxyl groups excluding tert-OH is 3. The molecule has 0 amide bonds. The van der Waals surface area contributed by atoms with Crippen molar-refractivity contribution >= 4 is 35.0 Å². The summed E-state index contributed by atoms with van der Waals surface area (Å²) in [5.74, 6) is -0.163. The van der Waals surface area contributed by atoms with Gasteiger partial charge in [0.05, 0.1) is 17.7 Å². The maximum absolute atomic E-state index is 10.2. The number of hydrogen-bond donors (Lipinski definition) is 5. The third-order valence-corrected chi connectivity index (χ3v) is 4.75. The van der Waals surface area contributed by atoms with Gasteiger partial charge in [0.15, 0.2) is 0 Å². The van der Waals surface area contributed by atoms with E-state index in [1.54, 1.807) is 12.1 Å². The van der Waals surface area contributed by atoms with Gasteiger partial charge in [-0.15, -0.1) is 0 Å². The second-order valence-electron chi connectivity index (χ2n) is 5.88. The van der Waals surface area contributed by atoms with Crippen molar-refractivity contribution in [1.29, 1.82) is 0 Å². The summed E-state index contributed by atoms with van der Waals surface area (Å²) in [5, 5.41) is 33.0. The Kier molecular flexibility index (Phi) is 5.26. The van der Waals surface area contributed by atoms with Gasteiger partial charge in [-0.1, -0.05) is 23.2 Å². The molecule has 0 saturated heterocycles. The molecule has 2 aromatic heterocycles. The van der Waals surface area contributed by atoms with Gasteiger partial charge in [-0.2, -0.15) is 4.98 Å². The Hall–Kier alpha value is -1.71. The first-order chi connectivity index (χ1) is 11.9. The Morgan fingerprint density at radius 2 is 1.96 bits per heavy atom. The zero-order valence-corrected chi connectivity index (χ0v) is 14.5. The zero-order chi connectivity index (χ0) is 18.1. The number of aliphatic hydroxyl groups is 3. The molecule has 0 aromatic carbocycles. The normalized spacial score (nSPS) is 26.0. The summed E-state index contributed by atoms with van der Waals surface area (Å²) in [6, 6.07) is 2.78. The molecule has 1 aliphatic carbocycles.